The van der Waals surface area contributed by atoms with Gasteiger partial charge in [0.05, 0.1) is 0 Å². The van der Waals surface area contributed by atoms with Crippen molar-refractivity contribution >= 4 is 0 Å². The minimum atomic E-state index is 0.801. The first-order chi connectivity index (χ1) is 5.90. The molecule has 0 spiro atoms. The van der Waals surface area contributed by atoms with Crippen LogP contribution in [0, 0.1) is 0 Å². The van der Waals surface area contributed by atoms with E-state index in [0.717, 1.165) is 12.1 Å². The van der Waals surface area contributed by atoms with Gasteiger partial charge in [0.1, 0.15) is 0 Å². The standard InChI is InChI=1S/C10H20N2/c1-2-9-7-10(8-11-9)12-5-3-4-6-12/h9-11H,2-8H2,1H3. The summed E-state index contributed by atoms with van der Waals surface area (Å²) in [5.74, 6) is 0. The lowest BCUT2D eigenvalue weighted by Gasteiger charge is -2.22. The van der Waals surface area contributed by atoms with Crippen LogP contribution in [0.25, 0.3) is 0 Å². The highest BCUT2D eigenvalue weighted by Crippen LogP contribution is 2.19. The van der Waals surface area contributed by atoms with Gasteiger partial charge >= 0.3 is 0 Å². The summed E-state index contributed by atoms with van der Waals surface area (Å²) >= 11 is 0. The van der Waals surface area contributed by atoms with Crippen LogP contribution in [-0.4, -0.2) is 36.6 Å². The van der Waals surface area contributed by atoms with Crippen LogP contribution in [-0.2, 0) is 0 Å². The molecule has 0 saturated carbocycles. The van der Waals surface area contributed by atoms with Crippen LogP contribution in [0.15, 0.2) is 0 Å². The summed E-state index contributed by atoms with van der Waals surface area (Å²) in [5.41, 5.74) is 0. The molecule has 2 unspecified atom stereocenters. The van der Waals surface area contributed by atoms with E-state index >= 15 is 0 Å². The van der Waals surface area contributed by atoms with Gasteiger partial charge in [-0.2, -0.15) is 0 Å². The highest BCUT2D eigenvalue weighted by molar-refractivity contribution is 4.88. The lowest BCUT2D eigenvalue weighted by atomic mass is 10.1. The zero-order valence-electron chi connectivity index (χ0n) is 8.05. The average molecular weight is 168 g/mol. The second kappa shape index (κ2) is 3.75. The van der Waals surface area contributed by atoms with Gasteiger partial charge in [-0.25, -0.2) is 0 Å². The van der Waals surface area contributed by atoms with E-state index in [2.05, 4.69) is 17.1 Å². The third-order valence-corrected chi connectivity index (χ3v) is 3.35. The Hall–Kier alpha value is -0.0800. The molecule has 2 heterocycles. The maximum absolute atomic E-state index is 3.59. The van der Waals surface area contributed by atoms with Gasteiger partial charge in [0, 0.05) is 18.6 Å². The first kappa shape index (κ1) is 8.52. The van der Waals surface area contributed by atoms with Crippen molar-refractivity contribution in [1.29, 1.82) is 0 Å². The Labute approximate surface area is 75.3 Å². The van der Waals surface area contributed by atoms with E-state index < -0.39 is 0 Å². The van der Waals surface area contributed by atoms with Gasteiger partial charge in [-0.05, 0) is 38.8 Å². The minimum Gasteiger partial charge on any atom is -0.312 e. The van der Waals surface area contributed by atoms with E-state index in [1.165, 1.54) is 45.3 Å². The maximum atomic E-state index is 3.59. The molecule has 12 heavy (non-hydrogen) atoms. The largest absolute Gasteiger partial charge is 0.312 e. The Balaban J connectivity index is 1.81. The minimum absolute atomic E-state index is 0.801. The normalized spacial score (nSPS) is 37.8. The first-order valence-corrected chi connectivity index (χ1v) is 5.37. The Morgan fingerprint density at radius 1 is 1.33 bits per heavy atom. The summed E-state index contributed by atoms with van der Waals surface area (Å²) in [6.07, 6.45) is 5.53. The fourth-order valence-electron chi connectivity index (χ4n) is 2.49. The van der Waals surface area contributed by atoms with Crippen molar-refractivity contribution < 1.29 is 0 Å². The smallest absolute Gasteiger partial charge is 0.0235 e. The van der Waals surface area contributed by atoms with Crippen LogP contribution >= 0.6 is 0 Å². The Morgan fingerprint density at radius 3 is 2.67 bits per heavy atom. The number of nitrogens with zero attached hydrogens (tertiary/aromatic N) is 1. The van der Waals surface area contributed by atoms with Gasteiger partial charge in [-0.1, -0.05) is 6.92 Å². The van der Waals surface area contributed by atoms with Gasteiger partial charge in [-0.3, -0.25) is 4.90 Å². The predicted molar refractivity (Wildman–Crippen MR) is 51.3 cm³/mol. The number of nitrogens with one attached hydrogen (secondary N) is 1. The molecule has 70 valence electrons. The number of hydrogen-bond donors (Lipinski definition) is 1. The molecular formula is C10H20N2. The Bertz CT molecular complexity index is 141. The van der Waals surface area contributed by atoms with Gasteiger partial charge in [0.15, 0.2) is 0 Å². The molecule has 0 bridgehead atoms. The van der Waals surface area contributed by atoms with E-state index in [-0.39, 0.29) is 0 Å². The molecule has 2 heteroatoms. The molecule has 0 aromatic heterocycles. The topological polar surface area (TPSA) is 15.3 Å². The van der Waals surface area contributed by atoms with Gasteiger partial charge in [-0.15, -0.1) is 0 Å². The second-order valence-corrected chi connectivity index (χ2v) is 4.15. The fraction of sp³-hybridized carbons (Fsp3) is 1.00. The van der Waals surface area contributed by atoms with E-state index in [1.54, 1.807) is 0 Å². The van der Waals surface area contributed by atoms with Crippen molar-refractivity contribution in [3.63, 3.8) is 0 Å². The number of hydrogen-bond acceptors (Lipinski definition) is 2. The van der Waals surface area contributed by atoms with E-state index in [4.69, 9.17) is 0 Å². The van der Waals surface area contributed by atoms with Crippen LogP contribution in [0.2, 0.25) is 0 Å². The monoisotopic (exact) mass is 168 g/mol. The summed E-state index contributed by atoms with van der Waals surface area (Å²) in [5, 5.41) is 3.59. The molecule has 0 aromatic rings. The lowest BCUT2D eigenvalue weighted by molar-refractivity contribution is 0.255. The van der Waals surface area contributed by atoms with Crippen molar-refractivity contribution in [3.05, 3.63) is 0 Å². The quantitative estimate of drug-likeness (QED) is 0.667. The molecule has 2 atom stereocenters. The Kier molecular flexibility index (Phi) is 2.66. The maximum Gasteiger partial charge on any atom is 0.0235 e. The van der Waals surface area contributed by atoms with Crippen LogP contribution < -0.4 is 5.32 Å². The van der Waals surface area contributed by atoms with Crippen LogP contribution in [0.5, 0.6) is 0 Å². The van der Waals surface area contributed by atoms with E-state index in [1.807, 2.05) is 0 Å². The molecule has 0 radical (unpaired) electrons. The molecule has 2 saturated heterocycles. The third kappa shape index (κ3) is 1.64. The number of likely N-dealkylation sites (tertiary alicyclic amines) is 1. The Morgan fingerprint density at radius 2 is 2.08 bits per heavy atom. The predicted octanol–water partition coefficient (Wildman–Crippen LogP) is 1.22. The number of rotatable bonds is 2. The third-order valence-electron chi connectivity index (χ3n) is 3.35. The summed E-state index contributed by atoms with van der Waals surface area (Å²) in [4.78, 5) is 2.67. The molecule has 0 aliphatic carbocycles. The summed E-state index contributed by atoms with van der Waals surface area (Å²) in [6, 6.07) is 1.66. The van der Waals surface area contributed by atoms with Crippen molar-refractivity contribution in [2.75, 3.05) is 19.6 Å². The lowest BCUT2D eigenvalue weighted by Crippen LogP contribution is -2.34. The molecular weight excluding hydrogens is 148 g/mol. The summed E-state index contributed by atoms with van der Waals surface area (Å²) in [7, 11) is 0. The van der Waals surface area contributed by atoms with Crippen molar-refractivity contribution in [3.8, 4) is 0 Å². The molecule has 2 nitrogen and oxygen atoms in total. The van der Waals surface area contributed by atoms with Crippen LogP contribution in [0.4, 0.5) is 0 Å². The molecule has 2 rings (SSSR count). The highest BCUT2D eigenvalue weighted by Gasteiger charge is 2.28. The molecule has 2 fully saturated rings. The molecule has 2 aliphatic rings. The van der Waals surface area contributed by atoms with Crippen molar-refractivity contribution in [2.24, 2.45) is 0 Å². The van der Waals surface area contributed by atoms with Crippen molar-refractivity contribution in [1.82, 2.24) is 10.2 Å². The average Bonchev–Trinajstić information content (AvgIpc) is 2.75. The molecule has 0 amide bonds. The fourth-order valence-corrected chi connectivity index (χ4v) is 2.49. The zero-order chi connectivity index (χ0) is 8.39. The zero-order valence-corrected chi connectivity index (χ0v) is 8.05. The van der Waals surface area contributed by atoms with Gasteiger partial charge in [0.25, 0.3) is 0 Å². The molecule has 1 N–H and O–H groups in total. The first-order valence-electron chi connectivity index (χ1n) is 5.37. The SMILES string of the molecule is CCC1CC(N2CCCC2)CN1. The van der Waals surface area contributed by atoms with Crippen LogP contribution in [0.3, 0.4) is 0 Å². The molecule has 2 aliphatic heterocycles. The van der Waals surface area contributed by atoms with Gasteiger partial charge < -0.3 is 5.32 Å². The summed E-state index contributed by atoms with van der Waals surface area (Å²) < 4.78 is 0. The van der Waals surface area contributed by atoms with Crippen LogP contribution in [0.1, 0.15) is 32.6 Å². The van der Waals surface area contributed by atoms with Crippen molar-refractivity contribution in [2.45, 2.75) is 44.7 Å². The van der Waals surface area contributed by atoms with E-state index in [9.17, 15) is 0 Å². The molecule has 0 aromatic carbocycles. The van der Waals surface area contributed by atoms with E-state index in [0.29, 0.717) is 0 Å². The second-order valence-electron chi connectivity index (χ2n) is 4.15. The summed E-state index contributed by atoms with van der Waals surface area (Å²) in [6.45, 7) is 6.22. The highest BCUT2D eigenvalue weighted by atomic mass is 15.2. The van der Waals surface area contributed by atoms with Gasteiger partial charge in [0.2, 0.25) is 0 Å².